The van der Waals surface area contributed by atoms with Gasteiger partial charge in [0.1, 0.15) is 5.75 Å². The van der Waals surface area contributed by atoms with Gasteiger partial charge in [0.05, 0.1) is 0 Å². The number of carbonyl (C=O) groups excluding carboxylic acids is 2. The standard InChI is InChI=1S/C23H22N2O3/c1-2-24-23(27)18-11-8-12-19(15-18)25-22(26)16-28-21-14-7-6-13-20(21)17-9-4-3-5-10-17/h3-15H,2,16H2,1H3,(H,24,27)(H,25,26). The molecule has 0 radical (unpaired) electrons. The van der Waals surface area contributed by atoms with Crippen molar-refractivity contribution < 1.29 is 14.3 Å². The Kier molecular flexibility index (Phi) is 6.41. The lowest BCUT2D eigenvalue weighted by molar-refractivity contribution is -0.118. The molecule has 142 valence electrons. The first-order valence-corrected chi connectivity index (χ1v) is 9.12. The van der Waals surface area contributed by atoms with Crippen LogP contribution in [0.1, 0.15) is 17.3 Å². The van der Waals surface area contributed by atoms with Gasteiger partial charge in [-0.2, -0.15) is 0 Å². The van der Waals surface area contributed by atoms with Crippen molar-refractivity contribution >= 4 is 17.5 Å². The Hall–Kier alpha value is -3.60. The Labute approximate surface area is 164 Å². The molecule has 3 rings (SSSR count). The Morgan fingerprint density at radius 2 is 1.64 bits per heavy atom. The molecule has 5 nitrogen and oxygen atoms in total. The van der Waals surface area contributed by atoms with Gasteiger partial charge in [0.2, 0.25) is 0 Å². The van der Waals surface area contributed by atoms with Crippen molar-refractivity contribution in [2.24, 2.45) is 0 Å². The van der Waals surface area contributed by atoms with Crippen LogP contribution in [0.4, 0.5) is 5.69 Å². The van der Waals surface area contributed by atoms with E-state index in [1.165, 1.54) is 0 Å². The summed E-state index contributed by atoms with van der Waals surface area (Å²) in [6.07, 6.45) is 0. The van der Waals surface area contributed by atoms with Crippen LogP contribution in [0.25, 0.3) is 11.1 Å². The first-order chi connectivity index (χ1) is 13.7. The second-order valence-electron chi connectivity index (χ2n) is 6.14. The van der Waals surface area contributed by atoms with Gasteiger partial charge >= 0.3 is 0 Å². The average molecular weight is 374 g/mol. The van der Waals surface area contributed by atoms with Crippen LogP contribution in [-0.4, -0.2) is 25.0 Å². The lowest BCUT2D eigenvalue weighted by atomic mass is 10.1. The summed E-state index contributed by atoms with van der Waals surface area (Å²) in [4.78, 5) is 24.2. The third-order valence-electron chi connectivity index (χ3n) is 4.08. The summed E-state index contributed by atoms with van der Waals surface area (Å²) in [6.45, 7) is 2.27. The highest BCUT2D eigenvalue weighted by molar-refractivity contribution is 5.97. The zero-order chi connectivity index (χ0) is 19.8. The van der Waals surface area contributed by atoms with Gasteiger partial charge < -0.3 is 15.4 Å². The fourth-order valence-electron chi connectivity index (χ4n) is 2.79. The van der Waals surface area contributed by atoms with Crippen LogP contribution < -0.4 is 15.4 Å². The highest BCUT2D eigenvalue weighted by atomic mass is 16.5. The molecule has 0 bridgehead atoms. The van der Waals surface area contributed by atoms with E-state index in [-0.39, 0.29) is 18.4 Å². The van der Waals surface area contributed by atoms with Gasteiger partial charge in [-0.25, -0.2) is 0 Å². The minimum atomic E-state index is -0.295. The summed E-state index contributed by atoms with van der Waals surface area (Å²) < 4.78 is 5.75. The topological polar surface area (TPSA) is 67.4 Å². The zero-order valence-corrected chi connectivity index (χ0v) is 15.6. The summed E-state index contributed by atoms with van der Waals surface area (Å²) in [7, 11) is 0. The Bertz CT molecular complexity index is 955. The van der Waals surface area contributed by atoms with Crippen LogP contribution in [0.5, 0.6) is 5.75 Å². The molecular formula is C23H22N2O3. The number of nitrogens with one attached hydrogen (secondary N) is 2. The number of ether oxygens (including phenoxy) is 1. The summed E-state index contributed by atoms with van der Waals surface area (Å²) in [6, 6.07) is 24.3. The Balaban J connectivity index is 1.64. The summed E-state index contributed by atoms with van der Waals surface area (Å²) in [5.41, 5.74) is 2.99. The van der Waals surface area contributed by atoms with Crippen molar-refractivity contribution in [1.29, 1.82) is 0 Å². The molecule has 0 saturated carbocycles. The quantitative estimate of drug-likeness (QED) is 0.654. The van der Waals surface area contributed by atoms with Gasteiger partial charge in [-0.1, -0.05) is 54.6 Å². The van der Waals surface area contributed by atoms with Gasteiger partial charge in [-0.15, -0.1) is 0 Å². The van der Waals surface area contributed by atoms with E-state index in [2.05, 4.69) is 10.6 Å². The van der Waals surface area contributed by atoms with Crippen LogP contribution >= 0.6 is 0 Å². The number of rotatable bonds is 7. The molecule has 0 fully saturated rings. The highest BCUT2D eigenvalue weighted by Crippen LogP contribution is 2.29. The highest BCUT2D eigenvalue weighted by Gasteiger charge is 2.10. The Morgan fingerprint density at radius 1 is 0.893 bits per heavy atom. The molecule has 28 heavy (non-hydrogen) atoms. The fourth-order valence-corrected chi connectivity index (χ4v) is 2.79. The number of amides is 2. The monoisotopic (exact) mass is 374 g/mol. The minimum Gasteiger partial charge on any atom is -0.483 e. The van der Waals surface area contributed by atoms with Crippen molar-refractivity contribution in [3.05, 3.63) is 84.4 Å². The van der Waals surface area contributed by atoms with Crippen molar-refractivity contribution in [3.63, 3.8) is 0 Å². The minimum absolute atomic E-state index is 0.130. The Morgan fingerprint density at radius 3 is 2.43 bits per heavy atom. The number of benzene rings is 3. The van der Waals surface area contributed by atoms with Crippen LogP contribution in [0, 0.1) is 0 Å². The van der Waals surface area contributed by atoms with E-state index < -0.39 is 0 Å². The largest absolute Gasteiger partial charge is 0.483 e. The summed E-state index contributed by atoms with van der Waals surface area (Å²) >= 11 is 0. The van der Waals surface area contributed by atoms with E-state index in [4.69, 9.17) is 4.74 Å². The van der Waals surface area contributed by atoms with Gasteiger partial charge in [0.15, 0.2) is 6.61 Å². The molecular weight excluding hydrogens is 352 g/mol. The molecule has 0 spiro atoms. The third-order valence-corrected chi connectivity index (χ3v) is 4.08. The van der Waals surface area contributed by atoms with Crippen molar-refractivity contribution in [3.8, 4) is 16.9 Å². The second kappa shape index (κ2) is 9.37. The maximum Gasteiger partial charge on any atom is 0.262 e. The molecule has 2 N–H and O–H groups in total. The van der Waals surface area contributed by atoms with Crippen LogP contribution in [-0.2, 0) is 4.79 Å². The van der Waals surface area contributed by atoms with E-state index in [9.17, 15) is 9.59 Å². The molecule has 5 heteroatoms. The van der Waals surface area contributed by atoms with Gasteiger partial charge in [0.25, 0.3) is 11.8 Å². The second-order valence-corrected chi connectivity index (χ2v) is 6.14. The molecule has 0 aliphatic heterocycles. The molecule has 0 unspecified atom stereocenters. The number of carbonyl (C=O) groups is 2. The van der Waals surface area contributed by atoms with Gasteiger partial charge in [-0.3, -0.25) is 9.59 Å². The van der Waals surface area contributed by atoms with E-state index in [1.807, 2.05) is 61.5 Å². The first kappa shape index (κ1) is 19.2. The van der Waals surface area contributed by atoms with E-state index in [1.54, 1.807) is 24.3 Å². The van der Waals surface area contributed by atoms with E-state index >= 15 is 0 Å². The van der Waals surface area contributed by atoms with Crippen molar-refractivity contribution in [2.75, 3.05) is 18.5 Å². The van der Waals surface area contributed by atoms with Crippen molar-refractivity contribution in [1.82, 2.24) is 5.32 Å². The maximum atomic E-state index is 12.3. The SMILES string of the molecule is CCNC(=O)c1cccc(NC(=O)COc2ccccc2-c2ccccc2)c1. The van der Waals surface area contributed by atoms with E-state index in [0.717, 1.165) is 11.1 Å². The number of para-hydroxylation sites is 1. The number of hydrogen-bond acceptors (Lipinski definition) is 3. The predicted molar refractivity (Wildman–Crippen MR) is 110 cm³/mol. The van der Waals surface area contributed by atoms with Crippen LogP contribution in [0.2, 0.25) is 0 Å². The van der Waals surface area contributed by atoms with Gasteiger partial charge in [-0.05, 0) is 36.8 Å². The van der Waals surface area contributed by atoms with Crippen LogP contribution in [0.3, 0.4) is 0 Å². The normalized spacial score (nSPS) is 10.2. The molecule has 3 aromatic carbocycles. The summed E-state index contributed by atoms with van der Waals surface area (Å²) in [5.74, 6) is 0.169. The lowest BCUT2D eigenvalue weighted by Crippen LogP contribution is -2.23. The number of hydrogen-bond donors (Lipinski definition) is 2. The third kappa shape index (κ3) is 4.98. The molecule has 2 amide bonds. The zero-order valence-electron chi connectivity index (χ0n) is 15.6. The fraction of sp³-hybridized carbons (Fsp3) is 0.130. The molecule has 3 aromatic rings. The smallest absolute Gasteiger partial charge is 0.262 e. The first-order valence-electron chi connectivity index (χ1n) is 9.12. The number of anilines is 1. The predicted octanol–water partition coefficient (Wildman–Crippen LogP) is 4.12. The summed E-state index contributed by atoms with van der Waals surface area (Å²) in [5, 5.41) is 5.50. The molecule has 0 saturated heterocycles. The van der Waals surface area contributed by atoms with Crippen molar-refractivity contribution in [2.45, 2.75) is 6.92 Å². The average Bonchev–Trinajstić information content (AvgIpc) is 2.73. The van der Waals surface area contributed by atoms with Gasteiger partial charge in [0, 0.05) is 23.4 Å². The molecule has 0 aliphatic carbocycles. The van der Waals surface area contributed by atoms with E-state index in [0.29, 0.717) is 23.5 Å². The molecule has 0 heterocycles. The molecule has 0 aromatic heterocycles. The molecule has 0 atom stereocenters. The lowest BCUT2D eigenvalue weighted by Gasteiger charge is -2.12. The molecule has 0 aliphatic rings. The maximum absolute atomic E-state index is 12.3. The van der Waals surface area contributed by atoms with Crippen LogP contribution in [0.15, 0.2) is 78.9 Å².